The largest absolute Gasteiger partial charge is 0.472 e. The van der Waals surface area contributed by atoms with Crippen LogP contribution in [0.4, 0.5) is 0 Å². The third-order valence-electron chi connectivity index (χ3n) is 5.82. The highest BCUT2D eigenvalue weighted by molar-refractivity contribution is 5.66. The number of hydrogen-bond donors (Lipinski definition) is 5. The van der Waals surface area contributed by atoms with Crippen LogP contribution in [0.1, 0.15) is 27.2 Å². The van der Waals surface area contributed by atoms with E-state index in [4.69, 9.17) is 18.9 Å². The lowest BCUT2D eigenvalue weighted by Crippen LogP contribution is -2.60. The van der Waals surface area contributed by atoms with Crippen molar-refractivity contribution in [1.82, 2.24) is 0 Å². The van der Waals surface area contributed by atoms with Gasteiger partial charge in [-0.2, -0.15) is 0 Å². The molecule has 10 nitrogen and oxygen atoms in total. The van der Waals surface area contributed by atoms with Crippen LogP contribution in [0.2, 0.25) is 0 Å². The summed E-state index contributed by atoms with van der Waals surface area (Å²) in [5, 5.41) is 50.0. The average molecular weight is 404 g/mol. The van der Waals surface area contributed by atoms with Gasteiger partial charge in [-0.25, -0.2) is 0 Å². The SMILES string of the molecule is CC(=O)OC1(C)CC(O)C2C(C)=COC(OC3OC(CO)C(O)C(O)C3O)C21. The number of carbonyl (C=O) groups excluding carboxylic acids is 1. The Labute approximate surface area is 162 Å². The summed E-state index contributed by atoms with van der Waals surface area (Å²) in [6.45, 7) is 4.13. The highest BCUT2D eigenvalue weighted by atomic mass is 16.8. The molecule has 10 unspecified atom stereocenters. The number of aliphatic hydroxyl groups excluding tert-OH is 5. The van der Waals surface area contributed by atoms with Gasteiger partial charge in [-0.15, -0.1) is 0 Å². The molecular formula is C18H28O10. The fourth-order valence-electron chi connectivity index (χ4n) is 4.55. The number of fused-ring (bicyclic) bond motifs is 1. The van der Waals surface area contributed by atoms with Crippen molar-refractivity contribution in [2.75, 3.05) is 6.61 Å². The van der Waals surface area contributed by atoms with Gasteiger partial charge in [-0.3, -0.25) is 4.79 Å². The maximum Gasteiger partial charge on any atom is 0.303 e. The van der Waals surface area contributed by atoms with Crippen LogP contribution >= 0.6 is 0 Å². The van der Waals surface area contributed by atoms with Crippen LogP contribution in [0.3, 0.4) is 0 Å². The van der Waals surface area contributed by atoms with Crippen LogP contribution < -0.4 is 0 Å². The van der Waals surface area contributed by atoms with Crippen LogP contribution in [-0.2, 0) is 23.7 Å². The minimum absolute atomic E-state index is 0.172. The number of rotatable bonds is 4. The first-order chi connectivity index (χ1) is 13.1. The molecule has 3 aliphatic rings. The zero-order valence-electron chi connectivity index (χ0n) is 16.0. The molecule has 2 aliphatic heterocycles. The molecule has 0 spiro atoms. The smallest absolute Gasteiger partial charge is 0.303 e. The number of hydrogen-bond acceptors (Lipinski definition) is 10. The number of ether oxygens (including phenoxy) is 4. The van der Waals surface area contributed by atoms with E-state index in [0.29, 0.717) is 0 Å². The van der Waals surface area contributed by atoms with Gasteiger partial charge in [0.1, 0.15) is 30.0 Å². The Hall–Kier alpha value is -1.27. The molecule has 0 aromatic carbocycles. The van der Waals surface area contributed by atoms with Gasteiger partial charge in [0.2, 0.25) is 6.29 Å². The van der Waals surface area contributed by atoms with Gasteiger partial charge in [0.25, 0.3) is 0 Å². The van der Waals surface area contributed by atoms with Crippen LogP contribution in [0.25, 0.3) is 0 Å². The number of carbonyl (C=O) groups is 1. The minimum atomic E-state index is -1.60. The summed E-state index contributed by atoms with van der Waals surface area (Å²) in [6.07, 6.45) is -7.52. The van der Waals surface area contributed by atoms with Crippen molar-refractivity contribution in [3.05, 3.63) is 11.8 Å². The van der Waals surface area contributed by atoms with Crippen molar-refractivity contribution in [2.45, 2.75) is 75.9 Å². The van der Waals surface area contributed by atoms with Gasteiger partial charge < -0.3 is 44.5 Å². The van der Waals surface area contributed by atoms with E-state index in [1.165, 1.54) is 13.2 Å². The van der Waals surface area contributed by atoms with Crippen LogP contribution in [0.5, 0.6) is 0 Å². The predicted octanol–water partition coefficient (Wildman–Crippen LogP) is -1.62. The van der Waals surface area contributed by atoms with E-state index in [9.17, 15) is 30.3 Å². The Morgan fingerprint density at radius 2 is 1.89 bits per heavy atom. The predicted molar refractivity (Wildman–Crippen MR) is 91.3 cm³/mol. The van der Waals surface area contributed by atoms with Crippen LogP contribution in [0, 0.1) is 11.8 Å². The molecule has 1 saturated carbocycles. The first kappa shape index (κ1) is 21.4. The van der Waals surface area contributed by atoms with Gasteiger partial charge in [-0.1, -0.05) is 0 Å². The summed E-state index contributed by atoms with van der Waals surface area (Å²) in [5.41, 5.74) is -0.341. The molecule has 10 heteroatoms. The third-order valence-corrected chi connectivity index (χ3v) is 5.82. The standard InChI is InChI=1S/C18H28O10/c1-7-6-25-16(12-11(7)9(21)4-18(12,3)28-8(2)20)27-17-15(24)14(23)13(22)10(5-19)26-17/h6,9-17,19,21-24H,4-5H2,1-3H3. The molecule has 0 aromatic heterocycles. The topological polar surface area (TPSA) is 155 Å². The quantitative estimate of drug-likeness (QED) is 0.345. The van der Waals surface area contributed by atoms with E-state index in [0.717, 1.165) is 5.57 Å². The lowest BCUT2D eigenvalue weighted by molar-refractivity contribution is -0.346. The van der Waals surface area contributed by atoms with Gasteiger partial charge >= 0.3 is 5.97 Å². The lowest BCUT2D eigenvalue weighted by atomic mass is 9.81. The van der Waals surface area contributed by atoms with Crippen LogP contribution in [-0.4, -0.2) is 86.8 Å². The molecule has 2 fully saturated rings. The van der Waals surface area contributed by atoms with Gasteiger partial charge in [0, 0.05) is 19.3 Å². The van der Waals surface area contributed by atoms with Gasteiger partial charge in [0.15, 0.2) is 6.29 Å². The molecule has 160 valence electrons. The van der Waals surface area contributed by atoms with E-state index >= 15 is 0 Å². The monoisotopic (exact) mass is 404 g/mol. The molecular weight excluding hydrogens is 376 g/mol. The highest BCUT2D eigenvalue weighted by Crippen LogP contribution is 2.51. The molecule has 2 heterocycles. The van der Waals surface area contributed by atoms with Crippen molar-refractivity contribution in [3.8, 4) is 0 Å². The Morgan fingerprint density at radius 3 is 2.50 bits per heavy atom. The molecule has 28 heavy (non-hydrogen) atoms. The van der Waals surface area contributed by atoms with E-state index < -0.39 is 73.1 Å². The van der Waals surface area contributed by atoms with Crippen molar-refractivity contribution in [1.29, 1.82) is 0 Å². The fourth-order valence-corrected chi connectivity index (χ4v) is 4.55. The summed E-state index contributed by atoms with van der Waals surface area (Å²) in [4.78, 5) is 11.6. The maximum atomic E-state index is 11.6. The highest BCUT2D eigenvalue weighted by Gasteiger charge is 2.60. The molecule has 5 N–H and O–H groups in total. The fraction of sp³-hybridized carbons (Fsp3) is 0.833. The Kier molecular flexibility index (Phi) is 6.02. The van der Waals surface area contributed by atoms with Gasteiger partial charge in [0.05, 0.1) is 24.9 Å². The van der Waals surface area contributed by atoms with Crippen molar-refractivity contribution in [2.24, 2.45) is 11.8 Å². The molecule has 0 radical (unpaired) electrons. The number of aliphatic hydroxyl groups is 5. The Morgan fingerprint density at radius 1 is 1.21 bits per heavy atom. The Balaban J connectivity index is 1.85. The summed E-state index contributed by atoms with van der Waals surface area (Å²) < 4.78 is 22.3. The second kappa shape index (κ2) is 7.86. The van der Waals surface area contributed by atoms with E-state index in [1.54, 1.807) is 13.8 Å². The van der Waals surface area contributed by atoms with E-state index in [-0.39, 0.29) is 6.42 Å². The van der Waals surface area contributed by atoms with Gasteiger partial charge in [-0.05, 0) is 19.4 Å². The van der Waals surface area contributed by atoms with Crippen LogP contribution in [0.15, 0.2) is 11.8 Å². The number of esters is 1. The lowest BCUT2D eigenvalue weighted by Gasteiger charge is -2.44. The molecule has 3 rings (SSSR count). The average Bonchev–Trinajstić information content (AvgIpc) is 2.88. The second-order valence-corrected chi connectivity index (χ2v) is 7.93. The summed E-state index contributed by atoms with van der Waals surface area (Å²) >= 11 is 0. The normalized spacial score (nSPS) is 48.4. The summed E-state index contributed by atoms with van der Waals surface area (Å²) in [6, 6.07) is 0. The first-order valence-electron chi connectivity index (χ1n) is 9.25. The molecule has 10 atom stereocenters. The molecule has 0 amide bonds. The van der Waals surface area contributed by atoms with Crippen molar-refractivity contribution < 1.29 is 49.3 Å². The van der Waals surface area contributed by atoms with E-state index in [2.05, 4.69) is 0 Å². The molecule has 1 saturated heterocycles. The third kappa shape index (κ3) is 3.65. The van der Waals surface area contributed by atoms with Crippen molar-refractivity contribution in [3.63, 3.8) is 0 Å². The molecule has 1 aliphatic carbocycles. The first-order valence-corrected chi connectivity index (χ1v) is 9.25. The van der Waals surface area contributed by atoms with E-state index in [1.807, 2.05) is 0 Å². The Bertz CT molecular complexity index is 621. The zero-order chi connectivity index (χ0) is 20.8. The summed E-state index contributed by atoms with van der Waals surface area (Å²) in [5.74, 6) is -1.54. The van der Waals surface area contributed by atoms with Crippen molar-refractivity contribution >= 4 is 5.97 Å². The molecule has 0 bridgehead atoms. The summed E-state index contributed by atoms with van der Waals surface area (Å²) in [7, 11) is 0. The molecule has 0 aromatic rings. The minimum Gasteiger partial charge on any atom is -0.472 e. The second-order valence-electron chi connectivity index (χ2n) is 7.93. The zero-order valence-corrected chi connectivity index (χ0v) is 16.0. The maximum absolute atomic E-state index is 11.6.